The molecule has 0 aliphatic rings. The second-order valence-corrected chi connectivity index (χ2v) is 5.77. The lowest BCUT2D eigenvalue weighted by atomic mass is 10.1. The van der Waals surface area contributed by atoms with Gasteiger partial charge in [0.15, 0.2) is 5.96 Å². The van der Waals surface area contributed by atoms with E-state index in [1.54, 1.807) is 14.2 Å². The van der Waals surface area contributed by atoms with E-state index in [2.05, 4.69) is 39.7 Å². The van der Waals surface area contributed by atoms with Crippen molar-refractivity contribution in [3.05, 3.63) is 18.0 Å². The Kier molecular flexibility index (Phi) is 13.8. The van der Waals surface area contributed by atoms with Gasteiger partial charge in [0.2, 0.25) is 0 Å². The normalized spacial score (nSPS) is 12.8. The molecule has 1 unspecified atom stereocenters. The predicted molar refractivity (Wildman–Crippen MR) is 112 cm³/mol. The topological polar surface area (TPSA) is 75.9 Å². The van der Waals surface area contributed by atoms with Crippen LogP contribution in [-0.2, 0) is 16.5 Å². The van der Waals surface area contributed by atoms with Gasteiger partial charge in [-0.25, -0.2) is 0 Å². The van der Waals surface area contributed by atoms with E-state index in [-0.39, 0.29) is 30.0 Å². The Hall–Kier alpha value is -0.910. The summed E-state index contributed by atoms with van der Waals surface area (Å²) in [6.07, 6.45) is 4.86. The van der Waals surface area contributed by atoms with Crippen LogP contribution in [0.2, 0.25) is 0 Å². The van der Waals surface area contributed by atoms with E-state index in [1.165, 1.54) is 5.56 Å². The van der Waals surface area contributed by atoms with Crippen LogP contribution < -0.4 is 10.6 Å². The number of aliphatic imine (C=N–C) groups is 1. The summed E-state index contributed by atoms with van der Waals surface area (Å²) in [5.41, 5.74) is 1.18. The lowest BCUT2D eigenvalue weighted by molar-refractivity contribution is 0.0698. The van der Waals surface area contributed by atoms with Crippen LogP contribution in [0.15, 0.2) is 17.4 Å². The summed E-state index contributed by atoms with van der Waals surface area (Å²) < 4.78 is 12.2. The van der Waals surface area contributed by atoms with E-state index >= 15 is 0 Å². The molecular weight excluding hydrogens is 435 g/mol. The third-order valence-corrected chi connectivity index (χ3v) is 3.61. The van der Waals surface area contributed by atoms with Crippen LogP contribution in [0.25, 0.3) is 0 Å². The monoisotopic (exact) mass is 468 g/mol. The quantitative estimate of drug-likeness (QED) is 0.217. The number of methoxy groups -OCH3 is 1. The number of likely N-dealkylation sites (N-methyl/N-ethyl adjacent to an activating group) is 1. The summed E-state index contributed by atoms with van der Waals surface area (Å²) in [4.78, 5) is 6.43. The van der Waals surface area contributed by atoms with Crippen LogP contribution in [0.3, 0.4) is 0 Å². The van der Waals surface area contributed by atoms with E-state index in [4.69, 9.17) is 9.47 Å². The standard InChI is InChI=1S/C16H32N6O2.HI/c1-17-16(18-7-6-8-24-10-9-23-5)19-12-15(21(2)3)14-11-20-22(4)13-14;/h11,13,15H,6-10,12H2,1-5H3,(H2,17,18,19);1H. The Morgan fingerprint density at radius 1 is 1.32 bits per heavy atom. The van der Waals surface area contributed by atoms with Gasteiger partial charge in [-0.05, 0) is 20.5 Å². The highest BCUT2D eigenvalue weighted by Crippen LogP contribution is 2.15. The molecule has 0 saturated heterocycles. The molecule has 1 aromatic rings. The first-order valence-electron chi connectivity index (χ1n) is 8.24. The average molecular weight is 468 g/mol. The SMILES string of the molecule is CN=C(NCCCOCCOC)NCC(c1cnn(C)c1)N(C)C.I. The fourth-order valence-electron chi connectivity index (χ4n) is 2.25. The number of hydrogen-bond donors (Lipinski definition) is 2. The van der Waals surface area contributed by atoms with Crippen molar-refractivity contribution in [1.29, 1.82) is 0 Å². The first kappa shape index (κ1) is 24.1. The molecule has 1 rings (SSSR count). The van der Waals surface area contributed by atoms with Crippen LogP contribution >= 0.6 is 24.0 Å². The maximum absolute atomic E-state index is 5.44. The molecular formula is C16H33IN6O2. The smallest absolute Gasteiger partial charge is 0.191 e. The van der Waals surface area contributed by atoms with Gasteiger partial charge < -0.3 is 25.0 Å². The predicted octanol–water partition coefficient (Wildman–Crippen LogP) is 0.859. The lowest BCUT2D eigenvalue weighted by Gasteiger charge is -2.24. The summed E-state index contributed by atoms with van der Waals surface area (Å²) in [5.74, 6) is 0.794. The molecule has 0 bridgehead atoms. The number of hydrogen-bond acceptors (Lipinski definition) is 5. The molecule has 0 amide bonds. The first-order valence-corrected chi connectivity index (χ1v) is 8.24. The second kappa shape index (κ2) is 14.3. The van der Waals surface area contributed by atoms with Crippen molar-refractivity contribution in [2.45, 2.75) is 12.5 Å². The maximum Gasteiger partial charge on any atom is 0.191 e. The molecule has 0 aliphatic heterocycles. The van der Waals surface area contributed by atoms with Crippen LogP contribution in [0.5, 0.6) is 0 Å². The second-order valence-electron chi connectivity index (χ2n) is 5.77. The fraction of sp³-hybridized carbons (Fsp3) is 0.750. The van der Waals surface area contributed by atoms with E-state index in [9.17, 15) is 0 Å². The summed E-state index contributed by atoms with van der Waals surface area (Å²) >= 11 is 0. The minimum absolute atomic E-state index is 0. The number of aromatic nitrogens is 2. The Labute approximate surface area is 168 Å². The van der Waals surface area contributed by atoms with Crippen molar-refractivity contribution in [3.63, 3.8) is 0 Å². The van der Waals surface area contributed by atoms with Crippen LogP contribution in [0.4, 0.5) is 0 Å². The summed E-state index contributed by atoms with van der Waals surface area (Å²) in [5, 5.41) is 10.9. The van der Waals surface area contributed by atoms with E-state index < -0.39 is 0 Å². The van der Waals surface area contributed by atoms with Gasteiger partial charge in [0.1, 0.15) is 0 Å². The number of nitrogens with one attached hydrogen (secondary N) is 2. The molecule has 0 radical (unpaired) electrons. The average Bonchev–Trinajstić information content (AvgIpc) is 2.98. The Bertz CT molecular complexity index is 481. The molecule has 9 heteroatoms. The summed E-state index contributed by atoms with van der Waals surface area (Å²) in [7, 11) is 9.50. The molecule has 2 N–H and O–H groups in total. The highest BCUT2D eigenvalue weighted by molar-refractivity contribution is 14.0. The van der Waals surface area contributed by atoms with Gasteiger partial charge in [-0.15, -0.1) is 24.0 Å². The molecule has 25 heavy (non-hydrogen) atoms. The number of nitrogens with zero attached hydrogens (tertiary/aromatic N) is 4. The van der Waals surface area contributed by atoms with Crippen LogP contribution in [0, 0.1) is 0 Å². The fourth-order valence-corrected chi connectivity index (χ4v) is 2.25. The summed E-state index contributed by atoms with van der Waals surface area (Å²) in [6, 6.07) is 0.231. The molecule has 0 fully saturated rings. The molecule has 0 aliphatic carbocycles. The molecule has 1 atom stereocenters. The zero-order valence-corrected chi connectivity index (χ0v) is 18.3. The van der Waals surface area contributed by atoms with Gasteiger partial charge in [0.25, 0.3) is 0 Å². The van der Waals surface area contributed by atoms with Crippen LogP contribution in [0.1, 0.15) is 18.0 Å². The minimum Gasteiger partial charge on any atom is -0.382 e. The third kappa shape index (κ3) is 9.97. The Morgan fingerprint density at radius 3 is 2.64 bits per heavy atom. The number of guanidine groups is 1. The van der Waals surface area contributed by atoms with Crippen molar-refractivity contribution in [1.82, 2.24) is 25.3 Å². The number of halogens is 1. The van der Waals surface area contributed by atoms with Gasteiger partial charge in [-0.3, -0.25) is 9.67 Å². The van der Waals surface area contributed by atoms with Gasteiger partial charge in [-0.1, -0.05) is 0 Å². The van der Waals surface area contributed by atoms with Crippen molar-refractivity contribution >= 4 is 29.9 Å². The van der Waals surface area contributed by atoms with E-state index in [0.717, 1.165) is 25.5 Å². The van der Waals surface area contributed by atoms with Gasteiger partial charge in [0.05, 0.1) is 25.5 Å². The Balaban J connectivity index is 0.00000576. The van der Waals surface area contributed by atoms with Gasteiger partial charge >= 0.3 is 0 Å². The van der Waals surface area contributed by atoms with Gasteiger partial charge in [-0.2, -0.15) is 5.10 Å². The largest absolute Gasteiger partial charge is 0.382 e. The molecule has 0 spiro atoms. The third-order valence-electron chi connectivity index (χ3n) is 3.61. The number of aryl methyl sites for hydroxylation is 1. The van der Waals surface area contributed by atoms with Crippen molar-refractivity contribution in [3.8, 4) is 0 Å². The first-order chi connectivity index (χ1) is 11.6. The molecule has 0 aromatic carbocycles. The molecule has 0 saturated carbocycles. The molecule has 1 heterocycles. The Morgan fingerprint density at radius 2 is 2.08 bits per heavy atom. The van der Waals surface area contributed by atoms with Crippen molar-refractivity contribution < 1.29 is 9.47 Å². The lowest BCUT2D eigenvalue weighted by Crippen LogP contribution is -2.42. The number of rotatable bonds is 11. The zero-order chi connectivity index (χ0) is 17.8. The van der Waals surface area contributed by atoms with Crippen LogP contribution in [-0.4, -0.2) is 81.8 Å². The highest BCUT2D eigenvalue weighted by Gasteiger charge is 2.16. The molecule has 8 nitrogen and oxygen atoms in total. The van der Waals surface area contributed by atoms with Crippen molar-refractivity contribution in [2.24, 2.45) is 12.0 Å². The van der Waals surface area contributed by atoms with Crippen molar-refractivity contribution in [2.75, 3.05) is 61.2 Å². The maximum atomic E-state index is 5.44. The summed E-state index contributed by atoms with van der Waals surface area (Å²) in [6.45, 7) is 3.55. The van der Waals surface area contributed by atoms with E-state index in [1.807, 2.05) is 24.1 Å². The van der Waals surface area contributed by atoms with Gasteiger partial charge in [0, 0.05) is 52.7 Å². The molecule has 146 valence electrons. The number of ether oxygens (including phenoxy) is 2. The highest BCUT2D eigenvalue weighted by atomic mass is 127. The van der Waals surface area contributed by atoms with E-state index in [0.29, 0.717) is 19.8 Å². The zero-order valence-electron chi connectivity index (χ0n) is 16.0. The minimum atomic E-state index is 0. The molecule has 1 aromatic heterocycles.